The van der Waals surface area contributed by atoms with Crippen molar-refractivity contribution in [1.82, 2.24) is 0 Å². The van der Waals surface area contributed by atoms with Crippen LogP contribution in [-0.4, -0.2) is 19.3 Å². The molecule has 0 spiro atoms. The van der Waals surface area contributed by atoms with E-state index in [4.69, 9.17) is 15.2 Å². The molecule has 0 bridgehead atoms. The van der Waals surface area contributed by atoms with Crippen LogP contribution in [0.1, 0.15) is 24.0 Å². The average Bonchev–Trinajstić information content (AvgIpc) is 2.27. The number of fused-ring (bicyclic) bond motifs is 1. The quantitative estimate of drug-likeness (QED) is 0.738. The maximum atomic E-state index is 10.1. The third kappa shape index (κ3) is 1.74. The molecular weight excluding hydrogens is 206 g/mol. The van der Waals surface area contributed by atoms with Gasteiger partial charge in [0, 0.05) is 5.56 Å². The third-order valence-electron chi connectivity index (χ3n) is 3.08. The Bertz CT molecular complexity index is 401. The predicted molar refractivity (Wildman–Crippen MR) is 60.6 cm³/mol. The smallest absolute Gasteiger partial charge is 0.161 e. The molecule has 1 aromatic rings. The van der Waals surface area contributed by atoms with E-state index in [0.717, 1.165) is 24.0 Å². The molecule has 0 aliphatic heterocycles. The molecule has 4 heteroatoms. The van der Waals surface area contributed by atoms with Crippen LogP contribution in [0.5, 0.6) is 11.5 Å². The van der Waals surface area contributed by atoms with Crippen molar-refractivity contribution in [2.45, 2.75) is 25.0 Å². The van der Waals surface area contributed by atoms with E-state index in [1.165, 1.54) is 0 Å². The number of nitrogens with two attached hydrogens (primary N) is 1. The molecule has 1 aliphatic rings. The lowest BCUT2D eigenvalue weighted by atomic mass is 9.85. The molecule has 88 valence electrons. The van der Waals surface area contributed by atoms with E-state index in [0.29, 0.717) is 17.9 Å². The van der Waals surface area contributed by atoms with E-state index in [1.807, 2.05) is 6.07 Å². The van der Waals surface area contributed by atoms with Crippen LogP contribution < -0.4 is 15.2 Å². The first-order chi connectivity index (χ1) is 7.58. The summed E-state index contributed by atoms with van der Waals surface area (Å²) in [6.45, 7) is 0. The van der Waals surface area contributed by atoms with E-state index in [-0.39, 0.29) is 0 Å². The van der Waals surface area contributed by atoms with E-state index >= 15 is 0 Å². The van der Waals surface area contributed by atoms with E-state index in [9.17, 15) is 5.11 Å². The number of rotatable bonds is 2. The lowest BCUT2D eigenvalue weighted by Gasteiger charge is -2.31. The Kier molecular flexibility index (Phi) is 2.78. The van der Waals surface area contributed by atoms with Crippen LogP contribution >= 0.6 is 0 Å². The number of aryl methyl sites for hydroxylation is 1. The molecular formula is C12H17NO3. The van der Waals surface area contributed by atoms with Gasteiger partial charge in [-0.05, 0) is 37.0 Å². The van der Waals surface area contributed by atoms with Crippen LogP contribution in [-0.2, 0) is 12.1 Å². The summed E-state index contributed by atoms with van der Waals surface area (Å²) < 4.78 is 10.4. The molecule has 0 saturated heterocycles. The number of ether oxygens (including phenoxy) is 2. The molecule has 1 aliphatic carbocycles. The SMILES string of the molecule is COc1cc2c(cc1OC)C(N)(O)CCC2. The zero-order valence-electron chi connectivity index (χ0n) is 9.62. The summed E-state index contributed by atoms with van der Waals surface area (Å²) in [7, 11) is 3.17. The Labute approximate surface area is 95.0 Å². The van der Waals surface area contributed by atoms with Gasteiger partial charge in [0.2, 0.25) is 0 Å². The van der Waals surface area contributed by atoms with Gasteiger partial charge in [-0.15, -0.1) is 0 Å². The van der Waals surface area contributed by atoms with Crippen molar-refractivity contribution < 1.29 is 14.6 Å². The maximum Gasteiger partial charge on any atom is 0.161 e. The van der Waals surface area contributed by atoms with Crippen molar-refractivity contribution in [3.63, 3.8) is 0 Å². The Balaban J connectivity index is 2.55. The molecule has 1 atom stereocenters. The summed E-state index contributed by atoms with van der Waals surface area (Å²) in [5.74, 6) is 1.28. The van der Waals surface area contributed by atoms with Crippen molar-refractivity contribution in [2.24, 2.45) is 5.73 Å². The Hall–Kier alpha value is -1.26. The van der Waals surface area contributed by atoms with Gasteiger partial charge >= 0.3 is 0 Å². The van der Waals surface area contributed by atoms with E-state index < -0.39 is 5.72 Å². The second-order valence-electron chi connectivity index (χ2n) is 4.14. The second-order valence-corrected chi connectivity index (χ2v) is 4.14. The number of hydrogen-bond donors (Lipinski definition) is 2. The fraction of sp³-hybridized carbons (Fsp3) is 0.500. The van der Waals surface area contributed by atoms with Crippen LogP contribution in [0.15, 0.2) is 12.1 Å². The van der Waals surface area contributed by atoms with E-state index in [2.05, 4.69) is 0 Å². The molecule has 16 heavy (non-hydrogen) atoms. The average molecular weight is 223 g/mol. The highest BCUT2D eigenvalue weighted by Crippen LogP contribution is 2.38. The molecule has 0 heterocycles. The first-order valence-electron chi connectivity index (χ1n) is 5.35. The fourth-order valence-electron chi connectivity index (χ4n) is 2.21. The van der Waals surface area contributed by atoms with Gasteiger partial charge in [0.1, 0.15) is 5.72 Å². The van der Waals surface area contributed by atoms with Crippen LogP contribution in [0.25, 0.3) is 0 Å². The van der Waals surface area contributed by atoms with Crippen molar-refractivity contribution in [3.05, 3.63) is 23.3 Å². The minimum atomic E-state index is -1.24. The second kappa shape index (κ2) is 3.96. The summed E-state index contributed by atoms with van der Waals surface area (Å²) in [6.07, 6.45) is 2.38. The normalized spacial score (nSPS) is 23.8. The number of hydrogen-bond acceptors (Lipinski definition) is 4. The number of benzene rings is 1. The molecule has 0 fully saturated rings. The van der Waals surface area contributed by atoms with Gasteiger partial charge < -0.3 is 14.6 Å². The first kappa shape index (κ1) is 11.2. The summed E-state index contributed by atoms with van der Waals surface area (Å²) >= 11 is 0. The Morgan fingerprint density at radius 3 is 2.50 bits per heavy atom. The van der Waals surface area contributed by atoms with Crippen molar-refractivity contribution >= 4 is 0 Å². The molecule has 0 aromatic heterocycles. The van der Waals surface area contributed by atoms with Crippen LogP contribution in [0.3, 0.4) is 0 Å². The predicted octanol–water partition coefficient (Wildman–Crippen LogP) is 1.14. The minimum Gasteiger partial charge on any atom is -0.493 e. The van der Waals surface area contributed by atoms with E-state index in [1.54, 1.807) is 20.3 Å². The monoisotopic (exact) mass is 223 g/mol. The standard InChI is InChI=1S/C12H17NO3/c1-15-10-6-8-4-3-5-12(13,14)9(8)7-11(10)16-2/h6-7,14H,3-5,13H2,1-2H3. The van der Waals surface area contributed by atoms with Crippen molar-refractivity contribution in [2.75, 3.05) is 14.2 Å². The van der Waals surface area contributed by atoms with Crippen LogP contribution in [0, 0.1) is 0 Å². The largest absolute Gasteiger partial charge is 0.493 e. The summed E-state index contributed by atoms with van der Waals surface area (Å²) in [6, 6.07) is 3.67. The van der Waals surface area contributed by atoms with Crippen LogP contribution in [0.4, 0.5) is 0 Å². The van der Waals surface area contributed by atoms with Gasteiger partial charge in [-0.3, -0.25) is 5.73 Å². The highest BCUT2D eigenvalue weighted by Gasteiger charge is 2.31. The van der Waals surface area contributed by atoms with Crippen LogP contribution in [0.2, 0.25) is 0 Å². The highest BCUT2D eigenvalue weighted by atomic mass is 16.5. The van der Waals surface area contributed by atoms with Gasteiger partial charge in [-0.2, -0.15) is 0 Å². The van der Waals surface area contributed by atoms with Gasteiger partial charge in [-0.1, -0.05) is 0 Å². The molecule has 3 N–H and O–H groups in total. The number of methoxy groups -OCH3 is 2. The zero-order valence-corrected chi connectivity index (χ0v) is 9.62. The first-order valence-corrected chi connectivity index (χ1v) is 5.35. The Morgan fingerprint density at radius 1 is 1.25 bits per heavy atom. The third-order valence-corrected chi connectivity index (χ3v) is 3.08. The van der Waals surface area contributed by atoms with Crippen molar-refractivity contribution in [1.29, 1.82) is 0 Å². The fourth-order valence-corrected chi connectivity index (χ4v) is 2.21. The lowest BCUT2D eigenvalue weighted by molar-refractivity contribution is 0.0251. The summed E-state index contributed by atoms with van der Waals surface area (Å²) in [4.78, 5) is 0. The molecule has 4 nitrogen and oxygen atoms in total. The highest BCUT2D eigenvalue weighted by molar-refractivity contribution is 5.50. The van der Waals surface area contributed by atoms with Gasteiger partial charge in [0.15, 0.2) is 11.5 Å². The summed E-state index contributed by atoms with van der Waals surface area (Å²) in [5, 5.41) is 10.1. The lowest BCUT2D eigenvalue weighted by Crippen LogP contribution is -2.39. The van der Waals surface area contributed by atoms with Gasteiger partial charge in [0.25, 0.3) is 0 Å². The molecule has 0 saturated carbocycles. The Morgan fingerprint density at radius 2 is 1.88 bits per heavy atom. The number of aliphatic hydroxyl groups is 1. The summed E-state index contributed by atoms with van der Waals surface area (Å²) in [5.41, 5.74) is 6.40. The molecule has 1 unspecified atom stereocenters. The molecule has 0 amide bonds. The van der Waals surface area contributed by atoms with Crippen molar-refractivity contribution in [3.8, 4) is 11.5 Å². The van der Waals surface area contributed by atoms with Gasteiger partial charge in [-0.25, -0.2) is 0 Å². The maximum absolute atomic E-state index is 10.1. The molecule has 0 radical (unpaired) electrons. The topological polar surface area (TPSA) is 64.7 Å². The molecule has 2 rings (SSSR count). The zero-order chi connectivity index (χ0) is 11.8. The van der Waals surface area contributed by atoms with Gasteiger partial charge in [0.05, 0.1) is 14.2 Å². The minimum absolute atomic E-state index is 0.579. The molecule has 1 aromatic carbocycles.